The maximum Gasteiger partial charge on any atom is 0.265 e. The van der Waals surface area contributed by atoms with Gasteiger partial charge in [0.2, 0.25) is 0 Å². The molecule has 0 radical (unpaired) electrons. The molecule has 1 heterocycles. The second-order valence-electron chi connectivity index (χ2n) is 5.07. The molecule has 0 bridgehead atoms. The summed E-state index contributed by atoms with van der Waals surface area (Å²) in [7, 11) is 0. The summed E-state index contributed by atoms with van der Waals surface area (Å²) in [4.78, 5) is 14.5. The number of carbonyl (C=O) groups is 1. The average molecular weight is 306 g/mol. The number of anilines is 1. The lowest BCUT2D eigenvalue weighted by Crippen LogP contribution is -2.12. The monoisotopic (exact) mass is 305 g/mol. The summed E-state index contributed by atoms with van der Waals surface area (Å²) in [5.74, 6) is -0.0332. The van der Waals surface area contributed by atoms with E-state index in [4.69, 9.17) is 11.6 Å². The number of rotatable bonds is 3. The van der Waals surface area contributed by atoms with Crippen LogP contribution in [0.4, 0.5) is 5.69 Å². The number of amides is 1. The van der Waals surface area contributed by atoms with Crippen molar-refractivity contribution >= 4 is 34.5 Å². The number of para-hydroxylation sites is 1. The second kappa shape index (κ2) is 5.58. The molecule has 0 saturated carbocycles. The Hall–Kier alpha value is -1.32. The van der Waals surface area contributed by atoms with E-state index in [1.807, 2.05) is 37.3 Å². The fraction of sp³-hybridized carbons (Fsp3) is 0.312. The number of alkyl halides is 1. The molecule has 1 amide bonds. The molecule has 3 rings (SSSR count). The molecule has 20 heavy (non-hydrogen) atoms. The first-order chi connectivity index (χ1) is 9.65. The fourth-order valence-corrected chi connectivity index (χ4v) is 3.92. The van der Waals surface area contributed by atoms with Crippen LogP contribution in [0.5, 0.6) is 0 Å². The van der Waals surface area contributed by atoms with Crippen molar-refractivity contribution in [1.82, 2.24) is 0 Å². The Morgan fingerprint density at radius 3 is 2.90 bits per heavy atom. The van der Waals surface area contributed by atoms with E-state index < -0.39 is 0 Å². The van der Waals surface area contributed by atoms with Gasteiger partial charge in [-0.3, -0.25) is 4.79 Å². The zero-order valence-electron chi connectivity index (χ0n) is 11.3. The van der Waals surface area contributed by atoms with Crippen LogP contribution in [0, 0.1) is 0 Å². The molecule has 2 nitrogen and oxygen atoms in total. The van der Waals surface area contributed by atoms with Crippen molar-refractivity contribution in [1.29, 1.82) is 0 Å². The zero-order valence-corrected chi connectivity index (χ0v) is 12.9. The summed E-state index contributed by atoms with van der Waals surface area (Å²) in [5, 5.41) is 2.86. The smallest absolute Gasteiger partial charge is 0.265 e. The molecule has 2 aromatic rings. The van der Waals surface area contributed by atoms with Crippen molar-refractivity contribution in [3.8, 4) is 0 Å². The zero-order chi connectivity index (χ0) is 14.1. The Morgan fingerprint density at radius 1 is 1.35 bits per heavy atom. The van der Waals surface area contributed by atoms with Crippen LogP contribution < -0.4 is 5.32 Å². The molecule has 1 aromatic carbocycles. The predicted octanol–water partition coefficient (Wildman–Crippen LogP) is 4.79. The fourth-order valence-electron chi connectivity index (χ4n) is 2.58. The average Bonchev–Trinajstić information content (AvgIpc) is 2.99. The molecule has 1 aromatic heterocycles. The van der Waals surface area contributed by atoms with Gasteiger partial charge < -0.3 is 5.32 Å². The van der Waals surface area contributed by atoms with Crippen LogP contribution in [-0.4, -0.2) is 5.91 Å². The predicted molar refractivity (Wildman–Crippen MR) is 85.0 cm³/mol. The SMILES string of the molecule is CC(Cl)c1ccccc1NC(=O)c1cc2c(s1)CCC2. The highest BCUT2D eigenvalue weighted by Gasteiger charge is 2.19. The standard InChI is InChI=1S/C16H16ClNOS/c1-10(17)12-6-2-3-7-13(12)18-16(19)15-9-11-5-4-8-14(11)20-15/h2-3,6-7,9-10H,4-5,8H2,1H3,(H,18,19). The first kappa shape index (κ1) is 13.7. The Labute approximate surface area is 127 Å². The Morgan fingerprint density at radius 2 is 2.15 bits per heavy atom. The number of hydrogen-bond donors (Lipinski definition) is 1. The van der Waals surface area contributed by atoms with Crippen molar-refractivity contribution in [2.75, 3.05) is 5.32 Å². The minimum atomic E-state index is -0.125. The third kappa shape index (κ3) is 2.60. The molecule has 0 saturated heterocycles. The third-order valence-corrected chi connectivity index (χ3v) is 5.08. The Kier molecular flexibility index (Phi) is 3.81. The van der Waals surface area contributed by atoms with Gasteiger partial charge in [0, 0.05) is 10.6 Å². The highest BCUT2D eigenvalue weighted by atomic mass is 35.5. The van der Waals surface area contributed by atoms with Gasteiger partial charge >= 0.3 is 0 Å². The lowest BCUT2D eigenvalue weighted by atomic mass is 10.1. The summed E-state index contributed by atoms with van der Waals surface area (Å²) < 4.78 is 0. The van der Waals surface area contributed by atoms with Crippen molar-refractivity contribution < 1.29 is 4.79 Å². The van der Waals surface area contributed by atoms with Crippen LogP contribution in [-0.2, 0) is 12.8 Å². The molecule has 4 heteroatoms. The number of benzene rings is 1. The second-order valence-corrected chi connectivity index (χ2v) is 6.86. The van der Waals surface area contributed by atoms with Crippen LogP contribution in [0.25, 0.3) is 0 Å². The van der Waals surface area contributed by atoms with E-state index in [-0.39, 0.29) is 11.3 Å². The van der Waals surface area contributed by atoms with E-state index in [0.29, 0.717) is 0 Å². The number of halogens is 1. The summed E-state index contributed by atoms with van der Waals surface area (Å²) >= 11 is 7.77. The minimum Gasteiger partial charge on any atom is -0.321 e. The van der Waals surface area contributed by atoms with Gasteiger partial charge in [0.15, 0.2) is 0 Å². The largest absolute Gasteiger partial charge is 0.321 e. The van der Waals surface area contributed by atoms with Crippen LogP contribution in [0.2, 0.25) is 0 Å². The number of aryl methyl sites for hydroxylation is 2. The van der Waals surface area contributed by atoms with E-state index in [0.717, 1.165) is 29.0 Å². The molecular weight excluding hydrogens is 290 g/mol. The molecule has 0 aliphatic heterocycles. The molecular formula is C16H16ClNOS. The van der Waals surface area contributed by atoms with Gasteiger partial charge in [0.25, 0.3) is 5.91 Å². The van der Waals surface area contributed by atoms with Gasteiger partial charge in [-0.2, -0.15) is 0 Å². The molecule has 1 unspecified atom stereocenters. The van der Waals surface area contributed by atoms with Crippen LogP contribution in [0.15, 0.2) is 30.3 Å². The number of carbonyl (C=O) groups excluding carboxylic acids is 1. The molecule has 1 aliphatic carbocycles. The number of hydrogen-bond acceptors (Lipinski definition) is 2. The van der Waals surface area contributed by atoms with E-state index in [2.05, 4.69) is 5.32 Å². The van der Waals surface area contributed by atoms with Gasteiger partial charge in [0.1, 0.15) is 0 Å². The summed E-state index contributed by atoms with van der Waals surface area (Å²) in [6.07, 6.45) is 3.44. The van der Waals surface area contributed by atoms with Gasteiger partial charge in [-0.1, -0.05) is 18.2 Å². The number of nitrogens with one attached hydrogen (secondary N) is 1. The van der Waals surface area contributed by atoms with Gasteiger partial charge in [-0.25, -0.2) is 0 Å². The normalized spacial score (nSPS) is 14.9. The van der Waals surface area contributed by atoms with Crippen molar-refractivity contribution in [3.63, 3.8) is 0 Å². The minimum absolute atomic E-state index is 0.0332. The Balaban J connectivity index is 1.82. The molecule has 1 aliphatic rings. The van der Waals surface area contributed by atoms with E-state index in [1.165, 1.54) is 16.9 Å². The van der Waals surface area contributed by atoms with Crippen LogP contribution in [0.3, 0.4) is 0 Å². The highest BCUT2D eigenvalue weighted by Crippen LogP contribution is 2.32. The van der Waals surface area contributed by atoms with Gasteiger partial charge in [-0.15, -0.1) is 22.9 Å². The Bertz CT molecular complexity index is 626. The van der Waals surface area contributed by atoms with E-state index in [1.54, 1.807) is 11.3 Å². The molecule has 1 N–H and O–H groups in total. The molecule has 0 fully saturated rings. The van der Waals surface area contributed by atoms with Crippen LogP contribution in [0.1, 0.15) is 44.4 Å². The van der Waals surface area contributed by atoms with E-state index in [9.17, 15) is 4.79 Å². The lowest BCUT2D eigenvalue weighted by molar-refractivity contribution is 0.103. The quantitative estimate of drug-likeness (QED) is 0.812. The highest BCUT2D eigenvalue weighted by molar-refractivity contribution is 7.14. The molecule has 104 valence electrons. The maximum atomic E-state index is 12.4. The summed E-state index contributed by atoms with van der Waals surface area (Å²) in [6.45, 7) is 1.91. The molecule has 0 spiro atoms. The number of thiophene rings is 1. The third-order valence-electron chi connectivity index (χ3n) is 3.61. The van der Waals surface area contributed by atoms with E-state index >= 15 is 0 Å². The number of fused-ring (bicyclic) bond motifs is 1. The maximum absolute atomic E-state index is 12.4. The summed E-state index contributed by atoms with van der Waals surface area (Å²) in [5.41, 5.74) is 3.10. The van der Waals surface area contributed by atoms with Crippen molar-refractivity contribution in [2.24, 2.45) is 0 Å². The van der Waals surface area contributed by atoms with Gasteiger partial charge in [0.05, 0.1) is 10.3 Å². The first-order valence-corrected chi connectivity index (χ1v) is 8.06. The van der Waals surface area contributed by atoms with Crippen molar-refractivity contribution in [3.05, 3.63) is 51.2 Å². The summed E-state index contributed by atoms with van der Waals surface area (Å²) in [6, 6.07) is 9.72. The van der Waals surface area contributed by atoms with Crippen molar-refractivity contribution in [2.45, 2.75) is 31.6 Å². The topological polar surface area (TPSA) is 29.1 Å². The molecule has 1 atom stereocenters. The van der Waals surface area contributed by atoms with Gasteiger partial charge in [-0.05, 0) is 49.4 Å². The van der Waals surface area contributed by atoms with Crippen LogP contribution >= 0.6 is 22.9 Å². The lowest BCUT2D eigenvalue weighted by Gasteiger charge is -2.11. The first-order valence-electron chi connectivity index (χ1n) is 6.81.